The molecule has 1 unspecified atom stereocenters. The predicted molar refractivity (Wildman–Crippen MR) is 77.6 cm³/mol. The first-order valence-corrected chi connectivity index (χ1v) is 7.32. The van der Waals surface area contributed by atoms with Gasteiger partial charge in [-0.2, -0.15) is 0 Å². The fourth-order valence-electron chi connectivity index (χ4n) is 1.85. The van der Waals surface area contributed by atoms with Gasteiger partial charge < -0.3 is 0 Å². The molecule has 1 amide bonds. The van der Waals surface area contributed by atoms with Gasteiger partial charge >= 0.3 is 0 Å². The van der Waals surface area contributed by atoms with Crippen molar-refractivity contribution in [1.29, 1.82) is 0 Å². The second-order valence-electron chi connectivity index (χ2n) is 4.57. The number of carbonyl (C=O) groups is 1. The lowest BCUT2D eigenvalue weighted by atomic mass is 10.1. The molecule has 6 heteroatoms. The van der Waals surface area contributed by atoms with E-state index in [1.54, 1.807) is 12.1 Å². The summed E-state index contributed by atoms with van der Waals surface area (Å²) < 4.78 is 13.5. The van der Waals surface area contributed by atoms with Crippen LogP contribution in [0.15, 0.2) is 24.3 Å². The van der Waals surface area contributed by atoms with E-state index < -0.39 is 11.7 Å². The fourth-order valence-corrected chi connectivity index (χ4v) is 2.67. The molecule has 1 aromatic heterocycles. The van der Waals surface area contributed by atoms with Gasteiger partial charge in [-0.05, 0) is 18.6 Å². The molecule has 106 valence electrons. The highest BCUT2D eigenvalue weighted by Gasteiger charge is 2.15. The Hall–Kier alpha value is -1.82. The number of hydrogen-bond acceptors (Lipinski definition) is 4. The molecule has 1 aromatic carbocycles. The second-order valence-corrected chi connectivity index (χ2v) is 5.58. The average molecular weight is 293 g/mol. The summed E-state index contributed by atoms with van der Waals surface area (Å²) in [4.78, 5) is 11.9. The minimum absolute atomic E-state index is 0.00542. The van der Waals surface area contributed by atoms with E-state index in [-0.39, 0.29) is 5.56 Å². The van der Waals surface area contributed by atoms with Crippen molar-refractivity contribution in [3.8, 4) is 0 Å². The number of nitrogens with zero attached hydrogens (tertiary/aromatic N) is 2. The number of benzene rings is 1. The topological polar surface area (TPSA) is 54.9 Å². The fraction of sp³-hybridized carbons (Fsp3) is 0.357. The third kappa shape index (κ3) is 3.39. The SMILES string of the molecule is CCCC(C)c1nnc(NC(=O)c2ccccc2F)s1. The smallest absolute Gasteiger partial charge is 0.260 e. The summed E-state index contributed by atoms with van der Waals surface area (Å²) in [5.74, 6) is -0.736. The lowest BCUT2D eigenvalue weighted by Gasteiger charge is -2.03. The van der Waals surface area contributed by atoms with E-state index in [9.17, 15) is 9.18 Å². The largest absolute Gasteiger partial charge is 0.296 e. The first-order chi connectivity index (χ1) is 9.61. The number of nitrogens with one attached hydrogen (secondary N) is 1. The van der Waals surface area contributed by atoms with E-state index in [1.165, 1.54) is 23.5 Å². The number of hydrogen-bond donors (Lipinski definition) is 1. The number of carbonyl (C=O) groups excluding carboxylic acids is 1. The lowest BCUT2D eigenvalue weighted by Crippen LogP contribution is -2.13. The summed E-state index contributed by atoms with van der Waals surface area (Å²) in [6, 6.07) is 5.85. The Bertz CT molecular complexity index is 600. The molecule has 20 heavy (non-hydrogen) atoms. The van der Waals surface area contributed by atoms with Gasteiger partial charge in [-0.3, -0.25) is 10.1 Å². The number of anilines is 1. The Morgan fingerprint density at radius 2 is 2.15 bits per heavy atom. The van der Waals surface area contributed by atoms with E-state index in [4.69, 9.17) is 0 Å². The molecular weight excluding hydrogens is 277 g/mol. The lowest BCUT2D eigenvalue weighted by molar-refractivity contribution is 0.102. The quantitative estimate of drug-likeness (QED) is 0.911. The molecule has 0 aliphatic heterocycles. The van der Waals surface area contributed by atoms with Crippen molar-refractivity contribution in [2.45, 2.75) is 32.6 Å². The molecule has 0 bridgehead atoms. The first kappa shape index (κ1) is 14.6. The number of amides is 1. The Labute approximate surface area is 121 Å². The van der Waals surface area contributed by atoms with Crippen molar-refractivity contribution in [2.75, 3.05) is 5.32 Å². The summed E-state index contributed by atoms with van der Waals surface area (Å²) in [5, 5.41) is 11.9. The van der Waals surface area contributed by atoms with Crippen LogP contribution in [-0.4, -0.2) is 16.1 Å². The molecule has 0 fully saturated rings. The van der Waals surface area contributed by atoms with E-state index >= 15 is 0 Å². The van der Waals surface area contributed by atoms with Gasteiger partial charge in [0.2, 0.25) is 5.13 Å². The summed E-state index contributed by atoms with van der Waals surface area (Å²) in [7, 11) is 0. The van der Waals surface area contributed by atoms with Crippen molar-refractivity contribution in [3.63, 3.8) is 0 Å². The maximum Gasteiger partial charge on any atom is 0.260 e. The number of rotatable bonds is 5. The van der Waals surface area contributed by atoms with Crippen LogP contribution < -0.4 is 5.32 Å². The van der Waals surface area contributed by atoms with E-state index in [1.807, 2.05) is 0 Å². The molecule has 1 N–H and O–H groups in total. The van der Waals surface area contributed by atoms with Crippen LogP contribution in [0.1, 0.15) is 48.0 Å². The van der Waals surface area contributed by atoms with Gasteiger partial charge in [-0.1, -0.05) is 43.7 Å². The van der Waals surface area contributed by atoms with Crippen LogP contribution in [-0.2, 0) is 0 Å². The number of aromatic nitrogens is 2. The molecule has 1 heterocycles. The van der Waals surface area contributed by atoms with Gasteiger partial charge in [-0.15, -0.1) is 10.2 Å². The molecule has 0 aliphatic carbocycles. The van der Waals surface area contributed by atoms with Crippen LogP contribution in [0.5, 0.6) is 0 Å². The van der Waals surface area contributed by atoms with Crippen LogP contribution in [0.3, 0.4) is 0 Å². The molecule has 4 nitrogen and oxygen atoms in total. The minimum Gasteiger partial charge on any atom is -0.296 e. The monoisotopic (exact) mass is 293 g/mol. The Balaban J connectivity index is 2.07. The molecule has 0 saturated carbocycles. The van der Waals surface area contributed by atoms with Crippen molar-refractivity contribution in [3.05, 3.63) is 40.7 Å². The van der Waals surface area contributed by atoms with E-state index in [0.29, 0.717) is 11.0 Å². The molecule has 2 rings (SSSR count). The third-order valence-electron chi connectivity index (χ3n) is 2.92. The summed E-state index contributed by atoms with van der Waals surface area (Å²) >= 11 is 1.33. The molecule has 0 spiro atoms. The zero-order valence-electron chi connectivity index (χ0n) is 11.4. The van der Waals surface area contributed by atoms with Crippen LogP contribution in [0, 0.1) is 5.82 Å². The first-order valence-electron chi connectivity index (χ1n) is 6.51. The van der Waals surface area contributed by atoms with Crippen molar-refractivity contribution in [2.24, 2.45) is 0 Å². The van der Waals surface area contributed by atoms with Crippen LogP contribution in [0.4, 0.5) is 9.52 Å². The summed E-state index contributed by atoms with van der Waals surface area (Å²) in [6.45, 7) is 4.19. The highest BCUT2D eigenvalue weighted by atomic mass is 32.1. The van der Waals surface area contributed by atoms with E-state index in [0.717, 1.165) is 17.8 Å². The maximum absolute atomic E-state index is 13.5. The molecule has 2 aromatic rings. The van der Waals surface area contributed by atoms with Gasteiger partial charge in [0.1, 0.15) is 10.8 Å². The van der Waals surface area contributed by atoms with Gasteiger partial charge in [0, 0.05) is 5.92 Å². The molecule has 0 aliphatic rings. The Morgan fingerprint density at radius 1 is 1.40 bits per heavy atom. The van der Waals surface area contributed by atoms with Crippen LogP contribution >= 0.6 is 11.3 Å². The van der Waals surface area contributed by atoms with Crippen LogP contribution in [0.25, 0.3) is 0 Å². The van der Waals surface area contributed by atoms with Gasteiger partial charge in [-0.25, -0.2) is 4.39 Å². The number of halogens is 1. The molecule has 1 atom stereocenters. The third-order valence-corrected chi connectivity index (χ3v) is 3.99. The second kappa shape index (κ2) is 6.56. The minimum atomic E-state index is -0.547. The van der Waals surface area contributed by atoms with Crippen molar-refractivity contribution < 1.29 is 9.18 Å². The molecule has 0 saturated heterocycles. The Kier molecular flexibility index (Phi) is 4.79. The highest BCUT2D eigenvalue weighted by molar-refractivity contribution is 7.15. The Morgan fingerprint density at radius 3 is 2.85 bits per heavy atom. The summed E-state index contributed by atoms with van der Waals surface area (Å²) in [5.41, 5.74) is 0.00542. The van der Waals surface area contributed by atoms with Crippen LogP contribution in [0.2, 0.25) is 0 Å². The standard InChI is InChI=1S/C14H16FN3OS/c1-3-6-9(2)13-17-18-14(20-13)16-12(19)10-7-4-5-8-11(10)15/h4-5,7-9H,3,6H2,1-2H3,(H,16,18,19). The van der Waals surface area contributed by atoms with Crippen molar-refractivity contribution >= 4 is 22.4 Å². The summed E-state index contributed by atoms with van der Waals surface area (Å²) in [6.07, 6.45) is 2.09. The van der Waals surface area contributed by atoms with Crippen molar-refractivity contribution in [1.82, 2.24) is 10.2 Å². The zero-order chi connectivity index (χ0) is 14.5. The van der Waals surface area contributed by atoms with Gasteiger partial charge in [0.25, 0.3) is 5.91 Å². The average Bonchev–Trinajstić information content (AvgIpc) is 2.88. The highest BCUT2D eigenvalue weighted by Crippen LogP contribution is 2.26. The van der Waals surface area contributed by atoms with E-state index in [2.05, 4.69) is 29.4 Å². The predicted octanol–water partition coefficient (Wildman–Crippen LogP) is 3.83. The van der Waals surface area contributed by atoms with Gasteiger partial charge in [0.15, 0.2) is 0 Å². The molecular formula is C14H16FN3OS. The maximum atomic E-state index is 13.5. The van der Waals surface area contributed by atoms with Gasteiger partial charge in [0.05, 0.1) is 5.56 Å². The zero-order valence-corrected chi connectivity index (χ0v) is 12.2. The molecule has 0 radical (unpaired) electrons. The normalized spacial score (nSPS) is 12.2.